The second kappa shape index (κ2) is 19.6. The first kappa shape index (κ1) is 31.2. The van der Waals surface area contributed by atoms with Crippen molar-refractivity contribution in [2.75, 3.05) is 18.1 Å². The lowest BCUT2D eigenvalue weighted by atomic mass is 10.1. The van der Waals surface area contributed by atoms with Gasteiger partial charge in [0.05, 0.1) is 12.1 Å². The number of hydrogen-bond donors (Lipinski definition) is 2. The summed E-state index contributed by atoms with van der Waals surface area (Å²) >= 11 is 7.08. The maximum absolute atomic E-state index is 11.6. The van der Waals surface area contributed by atoms with Crippen LogP contribution in [0.1, 0.15) is 79.6 Å². The molecule has 184 valence electrons. The number of Topliss-reactive ketones (excluding diaryl/α,β-unsaturated/α-hetero) is 1. The molecular weight excluding hydrogens is 446 g/mol. The van der Waals surface area contributed by atoms with Crippen molar-refractivity contribution in [1.29, 1.82) is 5.26 Å². The van der Waals surface area contributed by atoms with Crippen LogP contribution in [-0.4, -0.2) is 35.0 Å². The third kappa shape index (κ3) is 18.3. The Bertz CT molecular complexity index is 756. The van der Waals surface area contributed by atoms with Crippen molar-refractivity contribution < 1.29 is 4.79 Å². The fraction of sp³-hybridized carbons (Fsp3) is 0.593. The molecular formula is C27H43N3OS2. The van der Waals surface area contributed by atoms with Gasteiger partial charge < -0.3 is 10.6 Å². The SMILES string of the molecule is C=C(C#N)C(CSC/C=C(\C)CC/C=C(\C)CCC=C(C)C)NC(=S)NCCC(=O)CCC. The van der Waals surface area contributed by atoms with Crippen LogP contribution in [0.4, 0.5) is 0 Å². The largest absolute Gasteiger partial charge is 0.362 e. The van der Waals surface area contributed by atoms with Crippen LogP contribution in [0.5, 0.6) is 0 Å². The van der Waals surface area contributed by atoms with E-state index in [2.05, 4.69) is 69.2 Å². The van der Waals surface area contributed by atoms with E-state index in [-0.39, 0.29) is 11.8 Å². The Morgan fingerprint density at radius 1 is 1.06 bits per heavy atom. The summed E-state index contributed by atoms with van der Waals surface area (Å²) in [6.45, 7) is 15.0. The standard InChI is InChI=1S/C27H43N3OS2/c1-7-10-25(31)15-17-29-27(32)30-26(24(6)19-28)20-33-18-16-23(5)14-9-13-22(4)12-8-11-21(2)3/h11,13,16,26H,6-10,12,14-15,17-18,20H2,1-5H3,(H2,29,30,32)/b22-13+,23-16+. The maximum atomic E-state index is 11.6. The molecule has 0 saturated heterocycles. The molecule has 0 spiro atoms. The van der Waals surface area contributed by atoms with Crippen LogP contribution in [0, 0.1) is 11.3 Å². The van der Waals surface area contributed by atoms with E-state index < -0.39 is 0 Å². The van der Waals surface area contributed by atoms with Crippen molar-refractivity contribution in [3.63, 3.8) is 0 Å². The first-order chi connectivity index (χ1) is 15.7. The zero-order valence-corrected chi connectivity index (χ0v) is 22.9. The topological polar surface area (TPSA) is 64.9 Å². The van der Waals surface area contributed by atoms with Gasteiger partial charge in [-0.2, -0.15) is 17.0 Å². The lowest BCUT2D eigenvalue weighted by Crippen LogP contribution is -2.44. The lowest BCUT2D eigenvalue weighted by Gasteiger charge is -2.19. The van der Waals surface area contributed by atoms with Crippen molar-refractivity contribution in [2.24, 2.45) is 0 Å². The normalized spacial score (nSPS) is 12.5. The Balaban J connectivity index is 4.35. The Kier molecular flexibility index (Phi) is 18.5. The highest BCUT2D eigenvalue weighted by atomic mass is 32.2. The highest BCUT2D eigenvalue weighted by molar-refractivity contribution is 7.99. The summed E-state index contributed by atoms with van der Waals surface area (Å²) in [7, 11) is 0. The number of ketones is 1. The minimum Gasteiger partial charge on any atom is -0.362 e. The Morgan fingerprint density at radius 2 is 1.70 bits per heavy atom. The number of thioether (sulfide) groups is 1. The summed E-state index contributed by atoms with van der Waals surface area (Å²) in [4.78, 5) is 11.6. The highest BCUT2D eigenvalue weighted by Gasteiger charge is 2.14. The number of rotatable bonds is 17. The smallest absolute Gasteiger partial charge is 0.166 e. The minimum atomic E-state index is -0.216. The molecule has 0 amide bonds. The van der Waals surface area contributed by atoms with Crippen LogP contribution in [-0.2, 0) is 4.79 Å². The molecule has 1 atom stereocenters. The van der Waals surface area contributed by atoms with Gasteiger partial charge in [0, 0.05) is 36.5 Å². The van der Waals surface area contributed by atoms with Crippen molar-refractivity contribution in [3.05, 3.63) is 47.1 Å². The van der Waals surface area contributed by atoms with E-state index in [9.17, 15) is 10.1 Å². The average molecular weight is 490 g/mol. The fourth-order valence-corrected chi connectivity index (χ4v) is 4.26. The van der Waals surface area contributed by atoms with Gasteiger partial charge in [0.2, 0.25) is 0 Å². The summed E-state index contributed by atoms with van der Waals surface area (Å²) in [5.74, 6) is 1.83. The predicted molar refractivity (Wildman–Crippen MR) is 150 cm³/mol. The number of carbonyl (C=O) groups excluding carboxylic acids is 1. The molecule has 0 aromatic heterocycles. The third-order valence-electron chi connectivity index (χ3n) is 5.04. The zero-order chi connectivity index (χ0) is 25.1. The van der Waals surface area contributed by atoms with Gasteiger partial charge in [-0.3, -0.25) is 4.79 Å². The van der Waals surface area contributed by atoms with Crippen LogP contribution >= 0.6 is 24.0 Å². The minimum absolute atomic E-state index is 0.216. The summed E-state index contributed by atoms with van der Waals surface area (Å²) in [6.07, 6.45) is 13.2. The van der Waals surface area contributed by atoms with Gasteiger partial charge >= 0.3 is 0 Å². The van der Waals surface area contributed by atoms with E-state index in [4.69, 9.17) is 12.2 Å². The molecule has 0 fully saturated rings. The van der Waals surface area contributed by atoms with Crippen LogP contribution in [0.3, 0.4) is 0 Å². The van der Waals surface area contributed by atoms with Gasteiger partial charge in [-0.1, -0.05) is 48.5 Å². The van der Waals surface area contributed by atoms with Gasteiger partial charge in [-0.05, 0) is 72.0 Å². The van der Waals surface area contributed by atoms with Gasteiger partial charge in [0.1, 0.15) is 5.78 Å². The molecule has 4 nitrogen and oxygen atoms in total. The molecule has 0 aliphatic carbocycles. The van der Waals surface area contributed by atoms with Gasteiger partial charge in [0.25, 0.3) is 0 Å². The predicted octanol–water partition coefficient (Wildman–Crippen LogP) is 6.81. The molecule has 0 heterocycles. The van der Waals surface area contributed by atoms with Crippen LogP contribution < -0.4 is 10.6 Å². The molecule has 6 heteroatoms. The first-order valence-corrected chi connectivity index (χ1v) is 13.4. The zero-order valence-electron chi connectivity index (χ0n) is 21.3. The average Bonchev–Trinajstić information content (AvgIpc) is 2.75. The highest BCUT2D eigenvalue weighted by Crippen LogP contribution is 2.14. The molecule has 0 bridgehead atoms. The monoisotopic (exact) mass is 489 g/mol. The number of allylic oxidation sites excluding steroid dienone is 5. The van der Waals surface area contributed by atoms with Crippen molar-refractivity contribution in [1.82, 2.24) is 10.6 Å². The first-order valence-electron chi connectivity index (χ1n) is 11.9. The third-order valence-corrected chi connectivity index (χ3v) is 6.28. The number of nitrogens with zero attached hydrogens (tertiary/aromatic N) is 1. The van der Waals surface area contributed by atoms with E-state index >= 15 is 0 Å². The molecule has 2 N–H and O–H groups in total. The maximum Gasteiger partial charge on any atom is 0.166 e. The second-order valence-electron chi connectivity index (χ2n) is 8.63. The fourth-order valence-electron chi connectivity index (χ4n) is 2.96. The summed E-state index contributed by atoms with van der Waals surface area (Å²) in [5, 5.41) is 15.9. The van der Waals surface area contributed by atoms with Crippen molar-refractivity contribution >= 4 is 34.9 Å². The molecule has 0 aliphatic rings. The number of nitriles is 1. The number of hydrogen-bond acceptors (Lipinski definition) is 4. The summed E-state index contributed by atoms with van der Waals surface area (Å²) in [5.41, 5.74) is 4.68. The second-order valence-corrected chi connectivity index (χ2v) is 10.1. The number of carbonyl (C=O) groups is 1. The molecule has 0 rings (SSSR count). The van der Waals surface area contributed by atoms with E-state index in [0.29, 0.717) is 35.8 Å². The molecule has 1 unspecified atom stereocenters. The van der Waals surface area contributed by atoms with E-state index in [1.165, 1.54) is 16.7 Å². The van der Waals surface area contributed by atoms with E-state index in [1.807, 2.05) is 6.92 Å². The van der Waals surface area contributed by atoms with Crippen LogP contribution in [0.15, 0.2) is 47.1 Å². The Hall–Kier alpha value is -1.84. The molecule has 0 aromatic carbocycles. The Morgan fingerprint density at radius 3 is 2.30 bits per heavy atom. The Labute approximate surface area is 212 Å². The van der Waals surface area contributed by atoms with Crippen LogP contribution in [0.2, 0.25) is 0 Å². The molecule has 0 aromatic rings. The molecule has 0 aliphatic heterocycles. The lowest BCUT2D eigenvalue weighted by molar-refractivity contribution is -0.118. The number of thiocarbonyl (C=S) groups is 1. The van der Waals surface area contributed by atoms with Crippen molar-refractivity contribution in [3.8, 4) is 6.07 Å². The van der Waals surface area contributed by atoms with Crippen LogP contribution in [0.25, 0.3) is 0 Å². The van der Waals surface area contributed by atoms with E-state index in [0.717, 1.165) is 37.9 Å². The number of nitrogens with one attached hydrogen (secondary N) is 2. The molecule has 0 radical (unpaired) electrons. The summed E-state index contributed by atoms with van der Waals surface area (Å²) < 4.78 is 0. The van der Waals surface area contributed by atoms with Gasteiger partial charge in [-0.15, -0.1) is 0 Å². The molecule has 33 heavy (non-hydrogen) atoms. The van der Waals surface area contributed by atoms with E-state index in [1.54, 1.807) is 11.8 Å². The summed E-state index contributed by atoms with van der Waals surface area (Å²) in [6, 6.07) is 1.92. The van der Waals surface area contributed by atoms with Crippen molar-refractivity contribution in [2.45, 2.75) is 85.6 Å². The van der Waals surface area contributed by atoms with Gasteiger partial charge in [0.15, 0.2) is 5.11 Å². The van der Waals surface area contributed by atoms with Gasteiger partial charge in [-0.25, -0.2) is 0 Å². The quantitative estimate of drug-likeness (QED) is 0.101. The molecule has 0 saturated carbocycles.